The molecule has 1 heterocycles. The Morgan fingerprint density at radius 3 is 2.53 bits per heavy atom. The number of benzene rings is 1. The van der Waals surface area contributed by atoms with Crippen molar-refractivity contribution in [3.8, 4) is 0 Å². The molecule has 0 unspecified atom stereocenters. The Labute approximate surface area is 106 Å². The Morgan fingerprint density at radius 2 is 2.00 bits per heavy atom. The lowest BCUT2D eigenvalue weighted by Gasteiger charge is -2.19. The summed E-state index contributed by atoms with van der Waals surface area (Å²) in [7, 11) is 0. The van der Waals surface area contributed by atoms with E-state index in [1.165, 1.54) is 11.3 Å². The van der Waals surface area contributed by atoms with Crippen LogP contribution in [0.15, 0.2) is 29.6 Å². The average molecular weight is 247 g/mol. The first kappa shape index (κ1) is 12.1. The molecule has 0 radical (unpaired) electrons. The van der Waals surface area contributed by atoms with Gasteiger partial charge in [-0.3, -0.25) is 0 Å². The van der Waals surface area contributed by atoms with Crippen molar-refractivity contribution in [1.82, 2.24) is 4.98 Å². The minimum atomic E-state index is 0.502. The Bertz CT molecular complexity index is 476. The molecule has 0 saturated heterocycles. The van der Waals surface area contributed by atoms with Gasteiger partial charge in [0.05, 0.1) is 5.69 Å². The average Bonchev–Trinajstić information content (AvgIpc) is 2.81. The van der Waals surface area contributed by atoms with E-state index < -0.39 is 0 Å². The molecule has 0 aliphatic rings. The number of thiazole rings is 1. The van der Waals surface area contributed by atoms with Crippen molar-refractivity contribution < 1.29 is 0 Å². The van der Waals surface area contributed by atoms with Gasteiger partial charge in [0.25, 0.3) is 0 Å². The van der Waals surface area contributed by atoms with Gasteiger partial charge in [-0.05, 0) is 26.0 Å². The number of aromatic nitrogens is 1. The van der Waals surface area contributed by atoms with E-state index in [-0.39, 0.29) is 0 Å². The Hall–Kier alpha value is -1.39. The Morgan fingerprint density at radius 1 is 1.29 bits per heavy atom. The van der Waals surface area contributed by atoms with Crippen molar-refractivity contribution >= 4 is 22.2 Å². The fraction of sp³-hybridized carbons (Fsp3) is 0.308. The van der Waals surface area contributed by atoms with Crippen LogP contribution in [0.25, 0.3) is 0 Å². The summed E-state index contributed by atoms with van der Waals surface area (Å²) in [4.78, 5) is 6.72. The largest absolute Gasteiger partial charge is 0.325 e. The predicted molar refractivity (Wildman–Crippen MR) is 73.9 cm³/mol. The van der Waals surface area contributed by atoms with E-state index in [1.54, 1.807) is 11.3 Å². The molecule has 17 heavy (non-hydrogen) atoms. The highest BCUT2D eigenvalue weighted by Gasteiger charge is 2.10. The molecule has 4 heteroatoms. The summed E-state index contributed by atoms with van der Waals surface area (Å²) in [5, 5.41) is 3.03. The lowest BCUT2D eigenvalue weighted by Crippen LogP contribution is -2.15. The summed E-state index contributed by atoms with van der Waals surface area (Å²) < 4.78 is 0. The van der Waals surface area contributed by atoms with E-state index in [0.29, 0.717) is 6.54 Å². The van der Waals surface area contributed by atoms with E-state index in [4.69, 9.17) is 5.73 Å². The van der Waals surface area contributed by atoms with Gasteiger partial charge in [-0.1, -0.05) is 17.7 Å². The summed E-state index contributed by atoms with van der Waals surface area (Å²) in [6.07, 6.45) is 0. The van der Waals surface area contributed by atoms with Gasteiger partial charge in [-0.15, -0.1) is 11.3 Å². The molecule has 3 nitrogen and oxygen atoms in total. The van der Waals surface area contributed by atoms with E-state index in [9.17, 15) is 0 Å². The SMILES string of the molecule is CCN(c1ccc(C)cc1)c1nc(CN)cs1. The summed E-state index contributed by atoms with van der Waals surface area (Å²) in [5.41, 5.74) is 8.99. The first-order valence-electron chi connectivity index (χ1n) is 5.73. The van der Waals surface area contributed by atoms with Gasteiger partial charge in [0.2, 0.25) is 0 Å². The molecule has 1 aromatic heterocycles. The molecular weight excluding hydrogens is 230 g/mol. The number of rotatable bonds is 4. The lowest BCUT2D eigenvalue weighted by molar-refractivity contribution is 0.967. The van der Waals surface area contributed by atoms with Crippen molar-refractivity contribution in [1.29, 1.82) is 0 Å². The first-order valence-corrected chi connectivity index (χ1v) is 6.61. The van der Waals surface area contributed by atoms with Crippen molar-refractivity contribution in [2.24, 2.45) is 5.73 Å². The van der Waals surface area contributed by atoms with Crippen LogP contribution in [0, 0.1) is 6.92 Å². The van der Waals surface area contributed by atoms with Gasteiger partial charge in [0, 0.05) is 24.2 Å². The fourth-order valence-electron chi connectivity index (χ4n) is 1.67. The molecule has 0 atom stereocenters. The van der Waals surface area contributed by atoms with Gasteiger partial charge < -0.3 is 10.6 Å². The fourth-order valence-corrected chi connectivity index (χ4v) is 2.59. The second kappa shape index (κ2) is 5.29. The van der Waals surface area contributed by atoms with E-state index in [1.807, 2.05) is 5.38 Å². The van der Waals surface area contributed by atoms with Gasteiger partial charge in [-0.25, -0.2) is 4.98 Å². The normalized spacial score (nSPS) is 10.5. The van der Waals surface area contributed by atoms with Crippen molar-refractivity contribution in [3.63, 3.8) is 0 Å². The number of anilines is 2. The van der Waals surface area contributed by atoms with Crippen LogP contribution in [0.1, 0.15) is 18.2 Å². The Kier molecular flexibility index (Phi) is 3.76. The number of hydrogen-bond acceptors (Lipinski definition) is 4. The molecular formula is C13H17N3S. The van der Waals surface area contributed by atoms with Crippen LogP contribution >= 0.6 is 11.3 Å². The molecule has 1 aromatic carbocycles. The van der Waals surface area contributed by atoms with Crippen LogP contribution in [-0.2, 0) is 6.54 Å². The number of nitrogens with zero attached hydrogens (tertiary/aromatic N) is 2. The Balaban J connectivity index is 2.29. The highest BCUT2D eigenvalue weighted by atomic mass is 32.1. The molecule has 2 rings (SSSR count). The molecule has 2 aromatic rings. The molecule has 2 N–H and O–H groups in total. The van der Waals surface area contributed by atoms with Gasteiger partial charge in [0.15, 0.2) is 5.13 Å². The highest BCUT2D eigenvalue weighted by Crippen LogP contribution is 2.28. The zero-order valence-electron chi connectivity index (χ0n) is 10.2. The van der Waals surface area contributed by atoms with Crippen LogP contribution in [-0.4, -0.2) is 11.5 Å². The maximum absolute atomic E-state index is 5.59. The van der Waals surface area contributed by atoms with Crippen LogP contribution < -0.4 is 10.6 Å². The number of nitrogens with two attached hydrogens (primary N) is 1. The van der Waals surface area contributed by atoms with Gasteiger partial charge >= 0.3 is 0 Å². The second-order valence-corrected chi connectivity index (χ2v) is 4.74. The van der Waals surface area contributed by atoms with Crippen LogP contribution in [0.3, 0.4) is 0 Å². The zero-order chi connectivity index (χ0) is 12.3. The van der Waals surface area contributed by atoms with Crippen LogP contribution in [0.2, 0.25) is 0 Å². The third kappa shape index (κ3) is 2.65. The lowest BCUT2D eigenvalue weighted by atomic mass is 10.2. The third-order valence-corrected chi connectivity index (χ3v) is 3.55. The van der Waals surface area contributed by atoms with E-state index in [0.717, 1.165) is 17.4 Å². The monoisotopic (exact) mass is 247 g/mol. The summed E-state index contributed by atoms with van der Waals surface area (Å²) in [6.45, 7) is 5.63. The van der Waals surface area contributed by atoms with Crippen LogP contribution in [0.4, 0.5) is 10.8 Å². The van der Waals surface area contributed by atoms with Crippen molar-refractivity contribution in [2.45, 2.75) is 20.4 Å². The maximum atomic E-state index is 5.59. The molecule has 0 amide bonds. The van der Waals surface area contributed by atoms with Gasteiger partial charge in [0.1, 0.15) is 0 Å². The van der Waals surface area contributed by atoms with E-state index in [2.05, 4.69) is 48.0 Å². The van der Waals surface area contributed by atoms with Crippen molar-refractivity contribution in [2.75, 3.05) is 11.4 Å². The number of hydrogen-bond donors (Lipinski definition) is 1. The quantitative estimate of drug-likeness (QED) is 0.903. The second-order valence-electron chi connectivity index (χ2n) is 3.91. The first-order chi connectivity index (χ1) is 8.24. The molecule has 0 aliphatic heterocycles. The standard InChI is InChI=1S/C13H17N3S/c1-3-16(12-6-4-10(2)5-7-12)13-15-11(8-14)9-17-13/h4-7,9H,3,8,14H2,1-2H3. The number of aryl methyl sites for hydroxylation is 1. The van der Waals surface area contributed by atoms with Crippen molar-refractivity contribution in [3.05, 3.63) is 40.9 Å². The maximum Gasteiger partial charge on any atom is 0.190 e. The van der Waals surface area contributed by atoms with E-state index >= 15 is 0 Å². The molecule has 90 valence electrons. The molecule has 0 bridgehead atoms. The topological polar surface area (TPSA) is 42.2 Å². The summed E-state index contributed by atoms with van der Waals surface area (Å²) in [6, 6.07) is 8.50. The third-order valence-electron chi connectivity index (χ3n) is 2.64. The molecule has 0 saturated carbocycles. The summed E-state index contributed by atoms with van der Waals surface area (Å²) >= 11 is 1.64. The molecule has 0 aliphatic carbocycles. The molecule has 0 spiro atoms. The summed E-state index contributed by atoms with van der Waals surface area (Å²) in [5.74, 6) is 0. The minimum Gasteiger partial charge on any atom is -0.325 e. The smallest absolute Gasteiger partial charge is 0.190 e. The molecule has 0 fully saturated rings. The highest BCUT2D eigenvalue weighted by molar-refractivity contribution is 7.13. The van der Waals surface area contributed by atoms with Gasteiger partial charge in [-0.2, -0.15) is 0 Å². The predicted octanol–water partition coefficient (Wildman–Crippen LogP) is 3.07. The van der Waals surface area contributed by atoms with Crippen LogP contribution in [0.5, 0.6) is 0 Å². The minimum absolute atomic E-state index is 0.502. The zero-order valence-corrected chi connectivity index (χ0v) is 11.0.